The highest BCUT2D eigenvalue weighted by atomic mass is 16.5. The Hall–Kier alpha value is -6.52. The molecule has 2 aromatic carbocycles. The van der Waals surface area contributed by atoms with Gasteiger partial charge < -0.3 is 19.8 Å². The summed E-state index contributed by atoms with van der Waals surface area (Å²) >= 11 is 0. The molecule has 1 saturated heterocycles. The minimum atomic E-state index is -1.06. The van der Waals surface area contributed by atoms with Crippen molar-refractivity contribution in [1.29, 1.82) is 0 Å². The average Bonchev–Trinajstić information content (AvgIpc) is 4.03. The highest BCUT2D eigenvalue weighted by Gasteiger charge is 2.38. The first kappa shape index (κ1) is 38.4. The quantitative estimate of drug-likeness (QED) is 0.137. The Morgan fingerprint density at radius 3 is 2.58 bits per heavy atom. The van der Waals surface area contributed by atoms with E-state index in [2.05, 4.69) is 43.2 Å². The second-order valence-corrected chi connectivity index (χ2v) is 17.6. The molecule has 62 heavy (non-hydrogen) atoms. The lowest BCUT2D eigenvalue weighted by Crippen LogP contribution is -2.48. The van der Waals surface area contributed by atoms with Crippen molar-refractivity contribution in [3.63, 3.8) is 0 Å². The number of hydrogen-bond donors (Lipinski definition) is 3. The standard InChI is InChI=1S/C46H46N10O6/c1-3-19-55-44(60)34-22-47-45(51-41(34)56(55)36-14-5-25-16-18-46(2,61)40(25)49-36)48-28-6-12-31-26(21-28)17-20-54(43(31)59)30-9-7-29(8-10-30)53-23-27-4-11-32-38(52-62-39(32)35(27)24-53)33-13-15-37(57)50-42(33)58/h3-6,11-12,14,21-22,29-30,33,61H,1,7-10,13,15-20,23-24H2,2H3,(H,47,48,51)(H,50,57,58)/t29?,30?,33?,46-/m1/s1. The molecule has 3 aliphatic heterocycles. The van der Waals surface area contributed by atoms with Gasteiger partial charge in [-0.05, 0) is 105 Å². The summed E-state index contributed by atoms with van der Waals surface area (Å²) in [5, 5.41) is 22.2. The zero-order chi connectivity index (χ0) is 42.4. The third-order valence-corrected chi connectivity index (χ3v) is 13.8. The predicted molar refractivity (Wildman–Crippen MR) is 228 cm³/mol. The van der Waals surface area contributed by atoms with E-state index in [9.17, 15) is 24.3 Å². The Morgan fingerprint density at radius 1 is 0.935 bits per heavy atom. The molecule has 2 fully saturated rings. The van der Waals surface area contributed by atoms with Gasteiger partial charge in [-0.1, -0.05) is 23.4 Å². The van der Waals surface area contributed by atoms with Crippen molar-refractivity contribution in [2.24, 2.45) is 0 Å². The number of nitrogens with one attached hydrogen (secondary N) is 2. The topological polar surface area (TPSA) is 194 Å². The van der Waals surface area contributed by atoms with E-state index in [-0.39, 0.29) is 42.3 Å². The molecule has 2 atom stereocenters. The molecule has 2 aliphatic carbocycles. The van der Waals surface area contributed by atoms with Crippen molar-refractivity contribution in [1.82, 2.24) is 44.6 Å². The molecule has 316 valence electrons. The maximum atomic E-state index is 14.0. The average molecular weight is 835 g/mol. The van der Waals surface area contributed by atoms with Crippen molar-refractivity contribution >= 4 is 51.4 Å². The lowest BCUT2D eigenvalue weighted by Gasteiger charge is -2.41. The number of fused-ring (bicyclic) bond motifs is 6. The van der Waals surface area contributed by atoms with E-state index in [0.717, 1.165) is 85.0 Å². The molecule has 3 N–H and O–H groups in total. The van der Waals surface area contributed by atoms with Gasteiger partial charge in [0.2, 0.25) is 17.8 Å². The van der Waals surface area contributed by atoms with Crippen molar-refractivity contribution in [3.05, 3.63) is 111 Å². The van der Waals surface area contributed by atoms with Gasteiger partial charge in [0.15, 0.2) is 17.0 Å². The smallest absolute Gasteiger partial charge is 0.278 e. The number of aliphatic hydroxyl groups is 1. The number of amides is 3. The van der Waals surface area contributed by atoms with Gasteiger partial charge in [0, 0.05) is 66.5 Å². The number of benzene rings is 2. The Balaban J connectivity index is 0.762. The third-order valence-electron chi connectivity index (χ3n) is 13.8. The first-order valence-electron chi connectivity index (χ1n) is 21.6. The summed E-state index contributed by atoms with van der Waals surface area (Å²) in [6.45, 7) is 8.04. The number of aromatic nitrogens is 6. The first-order valence-corrected chi connectivity index (χ1v) is 21.6. The van der Waals surface area contributed by atoms with Crippen molar-refractivity contribution < 1.29 is 24.0 Å². The minimum absolute atomic E-state index is 0.0559. The van der Waals surface area contributed by atoms with E-state index in [1.165, 1.54) is 16.4 Å². The van der Waals surface area contributed by atoms with Crippen LogP contribution in [0.1, 0.15) is 102 Å². The molecule has 0 radical (unpaired) electrons. The van der Waals surface area contributed by atoms with Crippen LogP contribution in [0.25, 0.3) is 27.8 Å². The number of pyridine rings is 1. The van der Waals surface area contributed by atoms with Gasteiger partial charge in [-0.3, -0.25) is 29.4 Å². The Labute approximate surface area is 355 Å². The van der Waals surface area contributed by atoms with Gasteiger partial charge in [0.05, 0.1) is 18.2 Å². The predicted octanol–water partition coefficient (Wildman–Crippen LogP) is 5.05. The zero-order valence-corrected chi connectivity index (χ0v) is 34.4. The number of hydrogen-bond acceptors (Lipinski definition) is 12. The van der Waals surface area contributed by atoms with Gasteiger partial charge in [0.25, 0.3) is 11.5 Å². The molecule has 5 aliphatic rings. The lowest BCUT2D eigenvalue weighted by atomic mass is 9.87. The summed E-state index contributed by atoms with van der Waals surface area (Å²) in [6, 6.07) is 14.2. The monoisotopic (exact) mass is 834 g/mol. The SMILES string of the molecule is C=CCn1c(=O)c2cnc(Nc3ccc4c(c3)CCN(C3CCC(N5Cc6ccc7c(C8CCC(=O)NC8=O)noc7c6C5)CC3)C4=O)nc2n1-c1ccc2c(n1)[C@](C)(O)CC2. The van der Waals surface area contributed by atoms with E-state index in [4.69, 9.17) is 14.5 Å². The van der Waals surface area contributed by atoms with E-state index < -0.39 is 11.5 Å². The van der Waals surface area contributed by atoms with E-state index in [0.29, 0.717) is 65.2 Å². The molecule has 6 aromatic rings. The molecule has 4 aromatic heterocycles. The lowest BCUT2D eigenvalue weighted by molar-refractivity contribution is -0.134. The van der Waals surface area contributed by atoms with Crippen LogP contribution in [0.2, 0.25) is 0 Å². The minimum Gasteiger partial charge on any atom is -0.384 e. The highest BCUT2D eigenvalue weighted by molar-refractivity contribution is 6.02. The maximum Gasteiger partial charge on any atom is 0.278 e. The van der Waals surface area contributed by atoms with Crippen LogP contribution in [0.15, 0.2) is 70.6 Å². The third kappa shape index (κ3) is 6.25. The molecule has 1 saturated carbocycles. The molecule has 0 spiro atoms. The number of rotatable bonds is 8. The summed E-state index contributed by atoms with van der Waals surface area (Å²) in [5.41, 5.74) is 6.68. The van der Waals surface area contributed by atoms with Crippen LogP contribution in [-0.4, -0.2) is 80.7 Å². The molecule has 1 unspecified atom stereocenters. The molecule has 11 rings (SSSR count). The van der Waals surface area contributed by atoms with E-state index >= 15 is 0 Å². The van der Waals surface area contributed by atoms with E-state index in [1.807, 2.05) is 36.4 Å². The van der Waals surface area contributed by atoms with Crippen LogP contribution in [0.4, 0.5) is 11.6 Å². The Morgan fingerprint density at radius 2 is 1.76 bits per heavy atom. The fraction of sp³-hybridized carbons (Fsp3) is 0.391. The van der Waals surface area contributed by atoms with Gasteiger partial charge >= 0.3 is 0 Å². The summed E-state index contributed by atoms with van der Waals surface area (Å²) in [5.74, 6) is -0.253. The summed E-state index contributed by atoms with van der Waals surface area (Å²) in [7, 11) is 0. The summed E-state index contributed by atoms with van der Waals surface area (Å²) in [6.07, 6.45) is 9.73. The molecule has 0 bridgehead atoms. The molecule has 3 amide bonds. The van der Waals surface area contributed by atoms with Crippen molar-refractivity contribution in [2.75, 3.05) is 11.9 Å². The molecule has 16 heteroatoms. The van der Waals surface area contributed by atoms with Crippen LogP contribution in [0.3, 0.4) is 0 Å². The summed E-state index contributed by atoms with van der Waals surface area (Å²) < 4.78 is 9.05. The largest absolute Gasteiger partial charge is 0.384 e. The number of aryl methyl sites for hydroxylation is 1. The Kier molecular flexibility index (Phi) is 9.01. The van der Waals surface area contributed by atoms with Crippen LogP contribution in [0.5, 0.6) is 0 Å². The van der Waals surface area contributed by atoms with Crippen molar-refractivity contribution in [2.45, 2.75) is 108 Å². The van der Waals surface area contributed by atoms with Gasteiger partial charge in [-0.2, -0.15) is 4.98 Å². The van der Waals surface area contributed by atoms with Gasteiger partial charge in [0.1, 0.15) is 16.7 Å². The van der Waals surface area contributed by atoms with Crippen LogP contribution >= 0.6 is 0 Å². The second-order valence-electron chi connectivity index (χ2n) is 17.6. The maximum absolute atomic E-state index is 14.0. The Bertz CT molecular complexity index is 2940. The normalized spacial score (nSPS) is 23.7. The zero-order valence-electron chi connectivity index (χ0n) is 34.4. The van der Waals surface area contributed by atoms with Crippen LogP contribution in [0, 0.1) is 0 Å². The highest BCUT2D eigenvalue weighted by Crippen LogP contribution is 2.40. The van der Waals surface area contributed by atoms with Crippen LogP contribution in [-0.2, 0) is 47.7 Å². The fourth-order valence-corrected chi connectivity index (χ4v) is 10.5. The second kappa shape index (κ2) is 14.6. The number of nitrogens with zero attached hydrogens (tertiary/aromatic N) is 8. The number of anilines is 2. The van der Waals surface area contributed by atoms with Crippen molar-refractivity contribution in [3.8, 4) is 5.82 Å². The molecule has 7 heterocycles. The van der Waals surface area contributed by atoms with Gasteiger partial charge in [-0.25, -0.2) is 19.3 Å². The number of carbonyl (C=O) groups is 3. The molecular weight excluding hydrogens is 789 g/mol. The number of carbonyl (C=O) groups excluding carboxylic acids is 3. The van der Waals surface area contributed by atoms with E-state index in [1.54, 1.807) is 17.7 Å². The first-order chi connectivity index (χ1) is 30.0. The van der Waals surface area contributed by atoms with Crippen LogP contribution < -0.4 is 16.2 Å². The molecular formula is C46H46N10O6. The number of imide groups is 1. The number of allylic oxidation sites excluding steroid dienone is 1. The van der Waals surface area contributed by atoms with Gasteiger partial charge in [-0.15, -0.1) is 6.58 Å². The number of piperidine rings is 1. The fourth-order valence-electron chi connectivity index (χ4n) is 10.5. The molecule has 16 nitrogen and oxygen atoms in total. The summed E-state index contributed by atoms with van der Waals surface area (Å²) in [4.78, 5) is 70.6.